The number of carbonyl (C=O) groups excluding carboxylic acids is 4. The second-order valence-electron chi connectivity index (χ2n) is 6.41. The van der Waals surface area contributed by atoms with Crippen LogP contribution in [0.15, 0.2) is 48.0 Å². The highest BCUT2D eigenvalue weighted by molar-refractivity contribution is 6.31. The van der Waals surface area contributed by atoms with Crippen molar-refractivity contribution in [3.05, 3.63) is 59.2 Å². The molecular formula is C22H20N2O7. The summed E-state index contributed by atoms with van der Waals surface area (Å²) in [6.07, 6.45) is 1.42. The van der Waals surface area contributed by atoms with E-state index in [1.165, 1.54) is 50.4 Å². The van der Waals surface area contributed by atoms with Gasteiger partial charge in [0.2, 0.25) is 0 Å². The van der Waals surface area contributed by atoms with Gasteiger partial charge in [0.1, 0.15) is 5.57 Å². The number of amides is 2. The molecule has 160 valence electrons. The van der Waals surface area contributed by atoms with E-state index >= 15 is 0 Å². The van der Waals surface area contributed by atoms with Crippen LogP contribution in [0.3, 0.4) is 0 Å². The van der Waals surface area contributed by atoms with Crippen LogP contribution in [0.4, 0.5) is 5.69 Å². The van der Waals surface area contributed by atoms with Crippen molar-refractivity contribution < 1.29 is 33.4 Å². The molecule has 0 unspecified atom stereocenters. The van der Waals surface area contributed by atoms with Crippen LogP contribution in [0.1, 0.15) is 29.8 Å². The standard InChI is InChI=1S/C22H20N2O7/c1-4-30-19-12-14(5-10-18(19)31-13(2)25)11-17-20(26)23-24(21(17)27)16-8-6-15(7-9-16)22(28)29-3/h5-12H,4H2,1-3H3,(H,23,26)/b17-11-. The third kappa shape index (κ3) is 4.72. The van der Waals surface area contributed by atoms with Crippen molar-refractivity contribution in [2.45, 2.75) is 13.8 Å². The Hall–Kier alpha value is -4.14. The van der Waals surface area contributed by atoms with Crippen LogP contribution < -0.4 is 19.9 Å². The number of anilines is 1. The van der Waals surface area contributed by atoms with Gasteiger partial charge >= 0.3 is 11.9 Å². The average Bonchev–Trinajstić information content (AvgIpc) is 3.03. The summed E-state index contributed by atoms with van der Waals surface area (Å²) in [5.41, 5.74) is 3.62. The van der Waals surface area contributed by atoms with Crippen molar-refractivity contribution in [2.75, 3.05) is 18.7 Å². The third-order valence-electron chi connectivity index (χ3n) is 4.27. The molecule has 2 aromatic rings. The summed E-state index contributed by atoms with van der Waals surface area (Å²) < 4.78 is 15.2. The van der Waals surface area contributed by atoms with Gasteiger partial charge in [0.05, 0.1) is 25.0 Å². The molecule has 0 radical (unpaired) electrons. The van der Waals surface area contributed by atoms with Gasteiger partial charge in [-0.1, -0.05) is 6.07 Å². The Morgan fingerprint density at radius 1 is 1.06 bits per heavy atom. The van der Waals surface area contributed by atoms with Gasteiger partial charge in [0.25, 0.3) is 11.8 Å². The van der Waals surface area contributed by atoms with E-state index in [4.69, 9.17) is 9.47 Å². The number of hydrazine groups is 1. The minimum absolute atomic E-state index is 0.0836. The summed E-state index contributed by atoms with van der Waals surface area (Å²) in [4.78, 5) is 48.0. The monoisotopic (exact) mass is 424 g/mol. The molecule has 1 aliphatic rings. The number of hydrogen-bond donors (Lipinski definition) is 1. The van der Waals surface area contributed by atoms with Crippen LogP contribution in [0.25, 0.3) is 6.08 Å². The van der Waals surface area contributed by atoms with Crippen molar-refractivity contribution >= 4 is 35.5 Å². The van der Waals surface area contributed by atoms with E-state index in [1.54, 1.807) is 19.1 Å². The van der Waals surface area contributed by atoms with Gasteiger partial charge in [-0.25, -0.2) is 9.80 Å². The fraction of sp³-hybridized carbons (Fsp3) is 0.182. The molecule has 0 aliphatic carbocycles. The van der Waals surface area contributed by atoms with Gasteiger partial charge < -0.3 is 14.2 Å². The summed E-state index contributed by atoms with van der Waals surface area (Å²) in [5.74, 6) is -1.58. The molecule has 0 atom stereocenters. The summed E-state index contributed by atoms with van der Waals surface area (Å²) in [6, 6.07) is 10.7. The normalized spacial score (nSPS) is 14.4. The molecule has 0 bridgehead atoms. The number of methoxy groups -OCH3 is 1. The molecule has 1 aliphatic heterocycles. The fourth-order valence-electron chi connectivity index (χ4n) is 2.89. The van der Waals surface area contributed by atoms with Crippen molar-refractivity contribution in [1.82, 2.24) is 5.43 Å². The Labute approximate surface area is 178 Å². The van der Waals surface area contributed by atoms with Crippen molar-refractivity contribution in [1.29, 1.82) is 0 Å². The molecule has 0 aromatic heterocycles. The van der Waals surface area contributed by atoms with Crippen molar-refractivity contribution in [3.8, 4) is 11.5 Å². The van der Waals surface area contributed by atoms with Gasteiger partial charge in [-0.3, -0.25) is 19.8 Å². The maximum Gasteiger partial charge on any atom is 0.337 e. The zero-order valence-electron chi connectivity index (χ0n) is 17.1. The lowest BCUT2D eigenvalue weighted by molar-refractivity contribution is -0.132. The lowest BCUT2D eigenvalue weighted by atomic mass is 10.1. The van der Waals surface area contributed by atoms with E-state index in [0.717, 1.165) is 5.01 Å². The maximum absolute atomic E-state index is 12.8. The quantitative estimate of drug-likeness (QED) is 0.328. The number of ether oxygens (including phenoxy) is 3. The molecule has 1 fully saturated rings. The Morgan fingerprint density at radius 3 is 2.39 bits per heavy atom. The lowest BCUT2D eigenvalue weighted by Gasteiger charge is -2.14. The molecule has 0 spiro atoms. The topological polar surface area (TPSA) is 111 Å². The Morgan fingerprint density at radius 2 is 1.77 bits per heavy atom. The van der Waals surface area contributed by atoms with E-state index < -0.39 is 23.8 Å². The number of nitrogens with one attached hydrogen (secondary N) is 1. The van der Waals surface area contributed by atoms with E-state index in [2.05, 4.69) is 10.2 Å². The maximum atomic E-state index is 12.8. The molecular weight excluding hydrogens is 404 g/mol. The lowest BCUT2D eigenvalue weighted by Crippen LogP contribution is -2.35. The molecule has 9 heteroatoms. The zero-order chi connectivity index (χ0) is 22.5. The second-order valence-corrected chi connectivity index (χ2v) is 6.41. The number of nitrogens with zero attached hydrogens (tertiary/aromatic N) is 1. The minimum atomic E-state index is -0.580. The van der Waals surface area contributed by atoms with Crippen molar-refractivity contribution in [2.24, 2.45) is 0 Å². The zero-order valence-corrected chi connectivity index (χ0v) is 17.1. The highest BCUT2D eigenvalue weighted by Gasteiger charge is 2.34. The highest BCUT2D eigenvalue weighted by atomic mass is 16.6. The van der Waals surface area contributed by atoms with Gasteiger partial charge in [0, 0.05) is 6.92 Å². The second kappa shape index (κ2) is 9.12. The molecule has 2 amide bonds. The molecule has 1 N–H and O–H groups in total. The van der Waals surface area contributed by atoms with Gasteiger partial charge in [0.15, 0.2) is 11.5 Å². The number of rotatable bonds is 6. The minimum Gasteiger partial charge on any atom is -0.490 e. The molecule has 1 saturated heterocycles. The molecule has 31 heavy (non-hydrogen) atoms. The number of esters is 2. The van der Waals surface area contributed by atoms with Crippen LogP contribution >= 0.6 is 0 Å². The summed E-state index contributed by atoms with van der Waals surface area (Å²) in [5, 5.41) is 1.09. The Bertz CT molecular complexity index is 1070. The third-order valence-corrected chi connectivity index (χ3v) is 4.27. The first-order chi connectivity index (χ1) is 14.8. The van der Waals surface area contributed by atoms with Crippen molar-refractivity contribution in [3.63, 3.8) is 0 Å². The molecule has 9 nitrogen and oxygen atoms in total. The first-order valence-corrected chi connectivity index (χ1v) is 9.34. The van der Waals surface area contributed by atoms with E-state index in [-0.39, 0.29) is 11.3 Å². The van der Waals surface area contributed by atoms with E-state index in [0.29, 0.717) is 29.2 Å². The first kappa shape index (κ1) is 21.6. The fourth-order valence-corrected chi connectivity index (χ4v) is 2.89. The summed E-state index contributed by atoms with van der Waals surface area (Å²) >= 11 is 0. The Balaban J connectivity index is 1.87. The highest BCUT2D eigenvalue weighted by Crippen LogP contribution is 2.30. The van der Waals surface area contributed by atoms with Crippen LogP contribution in [0.5, 0.6) is 11.5 Å². The summed E-state index contributed by atoms with van der Waals surface area (Å²) in [7, 11) is 1.27. The predicted octanol–water partition coefficient (Wildman–Crippen LogP) is 2.26. The SMILES string of the molecule is CCOc1cc(/C=C2/C(=O)NN(c3ccc(C(=O)OC)cc3)C2=O)ccc1OC(C)=O. The average molecular weight is 424 g/mol. The molecule has 1 heterocycles. The number of hydrogen-bond acceptors (Lipinski definition) is 7. The van der Waals surface area contributed by atoms with Gasteiger partial charge in [-0.05, 0) is 55.0 Å². The molecule has 2 aromatic carbocycles. The van der Waals surface area contributed by atoms with Crippen LogP contribution in [0, 0.1) is 0 Å². The summed E-state index contributed by atoms with van der Waals surface area (Å²) in [6.45, 7) is 3.39. The predicted molar refractivity (Wildman–Crippen MR) is 110 cm³/mol. The van der Waals surface area contributed by atoms with Crippen LogP contribution in [-0.4, -0.2) is 37.5 Å². The van der Waals surface area contributed by atoms with Gasteiger partial charge in [-0.15, -0.1) is 0 Å². The smallest absolute Gasteiger partial charge is 0.337 e. The van der Waals surface area contributed by atoms with E-state index in [1.807, 2.05) is 0 Å². The largest absolute Gasteiger partial charge is 0.490 e. The van der Waals surface area contributed by atoms with Crippen LogP contribution in [-0.2, 0) is 19.1 Å². The Kier molecular flexibility index (Phi) is 6.35. The number of benzene rings is 2. The molecule has 3 rings (SSSR count). The van der Waals surface area contributed by atoms with Crippen LogP contribution in [0.2, 0.25) is 0 Å². The molecule has 0 saturated carbocycles. The first-order valence-electron chi connectivity index (χ1n) is 9.34. The van der Waals surface area contributed by atoms with E-state index in [9.17, 15) is 19.2 Å². The number of carbonyl (C=O) groups is 4. The van der Waals surface area contributed by atoms with Gasteiger partial charge in [-0.2, -0.15) is 0 Å².